The summed E-state index contributed by atoms with van der Waals surface area (Å²) in [5.41, 5.74) is 3.85. The van der Waals surface area contributed by atoms with Crippen LogP contribution in [0.3, 0.4) is 0 Å². The quantitative estimate of drug-likeness (QED) is 0.378. The van der Waals surface area contributed by atoms with Crippen molar-refractivity contribution in [1.29, 1.82) is 0 Å². The number of hydrogen-bond acceptors (Lipinski definition) is 6. The fourth-order valence-corrected chi connectivity index (χ4v) is 3.42. The predicted molar refractivity (Wildman–Crippen MR) is 114 cm³/mol. The smallest absolute Gasteiger partial charge is 0.490 e. The molecule has 0 aliphatic heterocycles. The summed E-state index contributed by atoms with van der Waals surface area (Å²) in [5, 5.41) is 23.5. The van der Waals surface area contributed by atoms with E-state index in [2.05, 4.69) is 15.3 Å². The van der Waals surface area contributed by atoms with Gasteiger partial charge in [0.15, 0.2) is 17.4 Å². The van der Waals surface area contributed by atoms with E-state index in [4.69, 9.17) is 9.72 Å². The predicted octanol–water partition coefficient (Wildman–Crippen LogP) is 2.23. The SMILES string of the molecule is COc1cnc(-c2c(C)[nH]c3c(B(O)O)cccc23)nc1NCc1ccccc1. The molecule has 0 amide bonds. The first-order chi connectivity index (χ1) is 14.1. The minimum Gasteiger partial charge on any atom is -0.491 e. The number of aryl methyl sites for hydroxylation is 1. The summed E-state index contributed by atoms with van der Waals surface area (Å²) in [6.07, 6.45) is 1.64. The van der Waals surface area contributed by atoms with Crippen LogP contribution in [0.5, 0.6) is 5.75 Å². The largest absolute Gasteiger partial charge is 0.491 e. The van der Waals surface area contributed by atoms with Crippen molar-refractivity contribution in [3.63, 3.8) is 0 Å². The average Bonchev–Trinajstić information content (AvgIpc) is 3.08. The molecule has 0 aliphatic rings. The topological polar surface area (TPSA) is 103 Å². The third kappa shape index (κ3) is 3.67. The summed E-state index contributed by atoms with van der Waals surface area (Å²) in [6.45, 7) is 2.51. The fraction of sp³-hybridized carbons (Fsp3) is 0.143. The van der Waals surface area contributed by atoms with Gasteiger partial charge in [-0.15, -0.1) is 0 Å². The highest BCUT2D eigenvalue weighted by molar-refractivity contribution is 6.61. The summed E-state index contributed by atoms with van der Waals surface area (Å²) in [4.78, 5) is 12.4. The lowest BCUT2D eigenvalue weighted by atomic mass is 9.79. The summed E-state index contributed by atoms with van der Waals surface area (Å²) >= 11 is 0. The zero-order chi connectivity index (χ0) is 20.4. The number of benzene rings is 2. The maximum Gasteiger partial charge on any atom is 0.490 e. The second kappa shape index (κ2) is 7.94. The van der Waals surface area contributed by atoms with Gasteiger partial charge in [0.25, 0.3) is 0 Å². The van der Waals surface area contributed by atoms with Gasteiger partial charge in [0.2, 0.25) is 0 Å². The molecule has 4 N–H and O–H groups in total. The van der Waals surface area contributed by atoms with Crippen LogP contribution >= 0.6 is 0 Å². The van der Waals surface area contributed by atoms with E-state index in [0.29, 0.717) is 34.9 Å². The van der Waals surface area contributed by atoms with Crippen molar-refractivity contribution in [2.45, 2.75) is 13.5 Å². The lowest BCUT2D eigenvalue weighted by Gasteiger charge is -2.11. The first-order valence-electron chi connectivity index (χ1n) is 9.25. The van der Waals surface area contributed by atoms with Crippen molar-refractivity contribution in [1.82, 2.24) is 15.0 Å². The number of nitrogens with one attached hydrogen (secondary N) is 2. The first kappa shape index (κ1) is 19.0. The number of rotatable bonds is 6. The van der Waals surface area contributed by atoms with Crippen LogP contribution in [0.1, 0.15) is 11.3 Å². The Morgan fingerprint density at radius 1 is 1.10 bits per heavy atom. The van der Waals surface area contributed by atoms with Crippen molar-refractivity contribution >= 4 is 29.3 Å². The maximum absolute atomic E-state index is 9.66. The second-order valence-electron chi connectivity index (χ2n) is 6.72. The number of ether oxygens (including phenoxy) is 1. The summed E-state index contributed by atoms with van der Waals surface area (Å²) in [7, 11) is 0.0160. The molecule has 7 nitrogen and oxygen atoms in total. The number of H-pyrrole nitrogens is 1. The molecular formula is C21H21BN4O3. The van der Waals surface area contributed by atoms with Crippen LogP contribution in [0.4, 0.5) is 5.82 Å². The summed E-state index contributed by atoms with van der Waals surface area (Å²) in [6, 6.07) is 15.4. The molecule has 0 bridgehead atoms. The number of aromatic nitrogens is 3. The molecule has 0 saturated carbocycles. The Bertz CT molecular complexity index is 1150. The molecule has 0 spiro atoms. The number of hydrogen-bond donors (Lipinski definition) is 4. The Morgan fingerprint density at radius 3 is 2.62 bits per heavy atom. The molecule has 4 rings (SSSR count). The lowest BCUT2D eigenvalue weighted by Crippen LogP contribution is -2.30. The van der Waals surface area contributed by atoms with Crippen LogP contribution in [0.15, 0.2) is 54.7 Å². The molecule has 0 radical (unpaired) electrons. The highest BCUT2D eigenvalue weighted by Crippen LogP contribution is 2.32. The van der Waals surface area contributed by atoms with Gasteiger partial charge in [0.1, 0.15) is 0 Å². The highest BCUT2D eigenvalue weighted by Gasteiger charge is 2.21. The van der Waals surface area contributed by atoms with E-state index in [1.54, 1.807) is 25.4 Å². The van der Waals surface area contributed by atoms with Crippen molar-refractivity contribution in [2.24, 2.45) is 0 Å². The number of anilines is 1. The van der Waals surface area contributed by atoms with Gasteiger partial charge in [-0.05, 0) is 12.5 Å². The van der Waals surface area contributed by atoms with E-state index in [1.807, 2.05) is 43.3 Å². The van der Waals surface area contributed by atoms with E-state index >= 15 is 0 Å². The molecule has 4 aromatic rings. The maximum atomic E-state index is 9.66. The fourth-order valence-electron chi connectivity index (χ4n) is 3.42. The molecule has 0 aliphatic carbocycles. The van der Waals surface area contributed by atoms with Crippen molar-refractivity contribution in [2.75, 3.05) is 12.4 Å². The van der Waals surface area contributed by atoms with Crippen LogP contribution in [0.2, 0.25) is 0 Å². The van der Waals surface area contributed by atoms with Crippen LogP contribution in [-0.4, -0.2) is 39.2 Å². The Hall–Kier alpha value is -3.36. The van der Waals surface area contributed by atoms with Gasteiger partial charge in [-0.3, -0.25) is 0 Å². The van der Waals surface area contributed by atoms with Crippen molar-refractivity contribution < 1.29 is 14.8 Å². The molecule has 8 heteroatoms. The van der Waals surface area contributed by atoms with Gasteiger partial charge in [0, 0.05) is 34.2 Å². The van der Waals surface area contributed by atoms with Gasteiger partial charge < -0.3 is 25.1 Å². The second-order valence-corrected chi connectivity index (χ2v) is 6.72. The zero-order valence-corrected chi connectivity index (χ0v) is 16.2. The molecule has 29 heavy (non-hydrogen) atoms. The molecule has 2 aromatic heterocycles. The first-order valence-corrected chi connectivity index (χ1v) is 9.25. The van der Waals surface area contributed by atoms with E-state index in [-0.39, 0.29) is 0 Å². The average molecular weight is 388 g/mol. The number of methoxy groups -OCH3 is 1. The summed E-state index contributed by atoms with van der Waals surface area (Å²) in [5.74, 6) is 1.66. The third-order valence-corrected chi connectivity index (χ3v) is 4.83. The van der Waals surface area contributed by atoms with Gasteiger partial charge in [-0.1, -0.05) is 48.5 Å². The zero-order valence-electron chi connectivity index (χ0n) is 16.2. The molecular weight excluding hydrogens is 367 g/mol. The van der Waals surface area contributed by atoms with Crippen LogP contribution in [0.25, 0.3) is 22.3 Å². The Morgan fingerprint density at radius 2 is 1.90 bits per heavy atom. The molecule has 0 atom stereocenters. The van der Waals surface area contributed by atoms with Gasteiger partial charge in [-0.2, -0.15) is 0 Å². The lowest BCUT2D eigenvalue weighted by molar-refractivity contribution is 0.413. The molecule has 0 unspecified atom stereocenters. The number of aromatic amines is 1. The standard InChI is InChI=1S/C21H21BN4O3/c1-13-18(15-9-6-10-16(22(27)28)19(15)25-13)21-24-12-17(29-2)20(26-21)23-11-14-7-4-3-5-8-14/h3-10,12,25,27-28H,11H2,1-2H3,(H,23,24,26). The highest BCUT2D eigenvalue weighted by atomic mass is 16.5. The Balaban J connectivity index is 1.76. The van der Waals surface area contributed by atoms with Crippen LogP contribution in [-0.2, 0) is 6.54 Å². The Kier molecular flexibility index (Phi) is 5.20. The minimum atomic E-state index is -1.57. The van der Waals surface area contributed by atoms with Crippen LogP contribution in [0, 0.1) is 6.92 Å². The van der Waals surface area contributed by atoms with Crippen molar-refractivity contribution in [3.8, 4) is 17.1 Å². The summed E-state index contributed by atoms with van der Waals surface area (Å²) < 4.78 is 5.41. The van der Waals surface area contributed by atoms with Crippen LogP contribution < -0.4 is 15.5 Å². The normalized spacial score (nSPS) is 10.9. The molecule has 2 aromatic carbocycles. The van der Waals surface area contributed by atoms with E-state index in [1.165, 1.54) is 0 Å². The minimum absolute atomic E-state index is 0.410. The number of para-hydroxylation sites is 1. The van der Waals surface area contributed by atoms with E-state index in [9.17, 15) is 10.0 Å². The Labute approximate surface area is 168 Å². The monoisotopic (exact) mass is 388 g/mol. The number of fused-ring (bicyclic) bond motifs is 1. The van der Waals surface area contributed by atoms with Gasteiger partial charge in [-0.25, -0.2) is 9.97 Å². The molecule has 0 saturated heterocycles. The van der Waals surface area contributed by atoms with E-state index in [0.717, 1.165) is 22.2 Å². The molecule has 146 valence electrons. The van der Waals surface area contributed by atoms with Gasteiger partial charge in [0.05, 0.1) is 13.3 Å². The molecule has 0 fully saturated rings. The third-order valence-electron chi connectivity index (χ3n) is 4.83. The van der Waals surface area contributed by atoms with E-state index < -0.39 is 7.12 Å². The molecule has 2 heterocycles. The number of nitrogens with zero attached hydrogens (tertiary/aromatic N) is 2. The van der Waals surface area contributed by atoms with Gasteiger partial charge >= 0.3 is 7.12 Å². The van der Waals surface area contributed by atoms with Crippen molar-refractivity contribution in [3.05, 3.63) is 66.0 Å².